The van der Waals surface area contributed by atoms with E-state index in [9.17, 15) is 39.0 Å². The van der Waals surface area contributed by atoms with Crippen LogP contribution in [0, 0.1) is 0 Å². The molecule has 310 valence electrons. The SMILES string of the molecule is C=C(C)Cc1c(-c2cc(=O)c3c(O)c(CC(=C)C)c(OC(C)=O)c(CC(=C)C)c3o2)ccc(OC)c1OC(=O)[C@H]1O[C@@H](O)[C@H](OC(C)=O)[C@@H](OC(C)=O)[C@@H]1OC(C)=O. The fourth-order valence-corrected chi connectivity index (χ4v) is 6.53. The standard InChI is InChI=1S/C42H46O16/c1-18(2)14-26-25(31-17-29(47)32-33(48)27(15-19(3)4)34(52-21(7)43)28(16-20(5)6)36(32)56-31)12-13-30(51-11)35(26)57-42(50)40-38(54-23(9)45)37(53-22(8)44)39(41(49)58-40)55-24(10)46/h12-13,17,37-41,48-49H,1,3,5,14-16H2,2,4,6-11H3/t37-,38-,39+,40-,41+/m0/s1. The highest BCUT2D eigenvalue weighted by Gasteiger charge is 2.54. The number of carbonyl (C=O) groups excluding carboxylic acids is 5. The fourth-order valence-electron chi connectivity index (χ4n) is 6.53. The lowest BCUT2D eigenvalue weighted by Gasteiger charge is -2.41. The number of aliphatic hydroxyl groups is 1. The molecule has 2 N–H and O–H groups in total. The molecule has 4 rings (SSSR count). The first-order valence-corrected chi connectivity index (χ1v) is 17.9. The zero-order valence-corrected chi connectivity index (χ0v) is 33.5. The molecule has 2 heterocycles. The van der Waals surface area contributed by atoms with Gasteiger partial charge in [0.2, 0.25) is 0 Å². The molecule has 0 spiro atoms. The molecule has 16 nitrogen and oxygen atoms in total. The Hall–Kier alpha value is -6.26. The molecule has 0 saturated carbocycles. The quantitative estimate of drug-likeness (QED) is 0.0960. The number of esters is 5. The van der Waals surface area contributed by atoms with Crippen molar-refractivity contribution in [2.24, 2.45) is 0 Å². The van der Waals surface area contributed by atoms with Gasteiger partial charge in [0.05, 0.1) is 7.11 Å². The second-order valence-corrected chi connectivity index (χ2v) is 14.0. The Labute approximate surface area is 333 Å². The van der Waals surface area contributed by atoms with Crippen LogP contribution < -0.4 is 19.6 Å². The Morgan fingerprint density at radius 2 is 1.24 bits per heavy atom. The van der Waals surface area contributed by atoms with E-state index in [4.69, 9.17) is 37.6 Å². The molecule has 1 aromatic heterocycles. The summed E-state index contributed by atoms with van der Waals surface area (Å²) >= 11 is 0. The van der Waals surface area contributed by atoms with Crippen molar-refractivity contribution in [1.29, 1.82) is 0 Å². The van der Waals surface area contributed by atoms with Crippen molar-refractivity contribution in [3.63, 3.8) is 0 Å². The summed E-state index contributed by atoms with van der Waals surface area (Å²) in [5.41, 5.74) is 1.78. The van der Waals surface area contributed by atoms with Crippen LogP contribution >= 0.6 is 0 Å². The minimum atomic E-state index is -2.06. The Morgan fingerprint density at radius 3 is 1.78 bits per heavy atom. The minimum Gasteiger partial charge on any atom is -0.507 e. The number of aliphatic hydroxyl groups excluding tert-OH is 1. The molecule has 0 amide bonds. The Balaban J connectivity index is 1.99. The van der Waals surface area contributed by atoms with Gasteiger partial charge in [-0.15, -0.1) is 0 Å². The molecule has 1 aliphatic rings. The molecule has 16 heteroatoms. The third-order valence-corrected chi connectivity index (χ3v) is 8.54. The predicted molar refractivity (Wildman–Crippen MR) is 206 cm³/mol. The summed E-state index contributed by atoms with van der Waals surface area (Å²) in [6.45, 7) is 21.2. The molecule has 0 radical (unpaired) electrons. The molecule has 1 saturated heterocycles. The highest BCUT2D eigenvalue weighted by Crippen LogP contribution is 2.45. The second-order valence-electron chi connectivity index (χ2n) is 14.0. The van der Waals surface area contributed by atoms with Crippen molar-refractivity contribution in [3.8, 4) is 34.3 Å². The van der Waals surface area contributed by atoms with Gasteiger partial charge in [-0.1, -0.05) is 36.5 Å². The van der Waals surface area contributed by atoms with Gasteiger partial charge in [-0.2, -0.15) is 0 Å². The molecule has 5 atom stereocenters. The van der Waals surface area contributed by atoms with Gasteiger partial charge in [0.25, 0.3) is 0 Å². The van der Waals surface area contributed by atoms with E-state index in [2.05, 4.69) is 19.7 Å². The topological polar surface area (TPSA) is 221 Å². The lowest BCUT2D eigenvalue weighted by Crippen LogP contribution is -2.63. The maximum Gasteiger partial charge on any atom is 0.344 e. The van der Waals surface area contributed by atoms with Crippen molar-refractivity contribution < 1.29 is 71.8 Å². The summed E-state index contributed by atoms with van der Waals surface area (Å²) in [7, 11) is 1.29. The maximum absolute atomic E-state index is 14.1. The van der Waals surface area contributed by atoms with E-state index in [1.54, 1.807) is 20.8 Å². The summed E-state index contributed by atoms with van der Waals surface area (Å²) in [5, 5.41) is 22.2. The van der Waals surface area contributed by atoms with Gasteiger partial charge in [-0.3, -0.25) is 24.0 Å². The van der Waals surface area contributed by atoms with Gasteiger partial charge in [0.15, 0.2) is 47.6 Å². The molecule has 2 aromatic carbocycles. The van der Waals surface area contributed by atoms with Crippen molar-refractivity contribution >= 4 is 40.8 Å². The first kappa shape index (κ1) is 44.5. The zero-order chi connectivity index (χ0) is 43.3. The van der Waals surface area contributed by atoms with Crippen molar-refractivity contribution in [1.82, 2.24) is 0 Å². The summed E-state index contributed by atoms with van der Waals surface area (Å²) < 4.78 is 44.8. The predicted octanol–water partition coefficient (Wildman–Crippen LogP) is 4.87. The van der Waals surface area contributed by atoms with Crippen LogP contribution in [-0.4, -0.2) is 77.9 Å². The normalized spacial score (nSPS) is 18.7. The number of phenols is 1. The lowest BCUT2D eigenvalue weighted by molar-refractivity contribution is -0.288. The number of hydrogen-bond donors (Lipinski definition) is 2. The van der Waals surface area contributed by atoms with Gasteiger partial charge in [-0.05, 0) is 39.3 Å². The van der Waals surface area contributed by atoms with Crippen LogP contribution in [0.3, 0.4) is 0 Å². The highest BCUT2D eigenvalue weighted by atomic mass is 16.7. The third kappa shape index (κ3) is 9.99. The molecule has 0 unspecified atom stereocenters. The number of carbonyl (C=O) groups is 5. The van der Waals surface area contributed by atoms with Gasteiger partial charge in [0, 0.05) is 68.9 Å². The Kier molecular flexibility index (Phi) is 14.1. The maximum atomic E-state index is 14.1. The average molecular weight is 807 g/mol. The van der Waals surface area contributed by atoms with Crippen molar-refractivity contribution in [3.05, 3.63) is 81.6 Å². The highest BCUT2D eigenvalue weighted by molar-refractivity contribution is 5.93. The fraction of sp³-hybridized carbons (Fsp3) is 0.381. The van der Waals surface area contributed by atoms with E-state index in [0.717, 1.165) is 26.8 Å². The molecular weight excluding hydrogens is 760 g/mol. The van der Waals surface area contributed by atoms with Crippen molar-refractivity contribution in [2.75, 3.05) is 7.11 Å². The number of hydrogen-bond acceptors (Lipinski definition) is 16. The van der Waals surface area contributed by atoms with Crippen LogP contribution in [0.15, 0.2) is 63.9 Å². The van der Waals surface area contributed by atoms with Crippen LogP contribution in [-0.2, 0) is 62.2 Å². The van der Waals surface area contributed by atoms with Gasteiger partial charge < -0.3 is 47.8 Å². The zero-order valence-electron chi connectivity index (χ0n) is 33.5. The number of phenolic OH excluding ortho intramolecular Hbond substituents is 1. The van der Waals surface area contributed by atoms with E-state index >= 15 is 0 Å². The Bertz CT molecular complexity index is 2260. The monoisotopic (exact) mass is 806 g/mol. The molecule has 1 aliphatic heterocycles. The average Bonchev–Trinajstić information content (AvgIpc) is 3.09. The van der Waals surface area contributed by atoms with Crippen LogP contribution in [0.25, 0.3) is 22.3 Å². The van der Waals surface area contributed by atoms with Crippen LogP contribution in [0.1, 0.15) is 65.2 Å². The second kappa shape index (κ2) is 18.3. The van der Waals surface area contributed by atoms with E-state index in [1.807, 2.05) is 0 Å². The first-order valence-electron chi connectivity index (χ1n) is 17.9. The van der Waals surface area contributed by atoms with Gasteiger partial charge in [0.1, 0.15) is 28.2 Å². The van der Waals surface area contributed by atoms with Gasteiger partial charge in [-0.25, -0.2) is 4.79 Å². The largest absolute Gasteiger partial charge is 0.507 e. The van der Waals surface area contributed by atoms with Crippen molar-refractivity contribution in [2.45, 2.75) is 98.4 Å². The number of ether oxygens (including phenoxy) is 7. The van der Waals surface area contributed by atoms with Crippen LogP contribution in [0.5, 0.6) is 23.0 Å². The summed E-state index contributed by atoms with van der Waals surface area (Å²) in [6, 6.07) is 4.07. The van der Waals surface area contributed by atoms with E-state index in [-0.39, 0.29) is 75.5 Å². The van der Waals surface area contributed by atoms with Crippen LogP contribution in [0.4, 0.5) is 0 Å². The number of aromatic hydroxyl groups is 1. The molecule has 0 aliphatic carbocycles. The first-order chi connectivity index (χ1) is 27.1. The van der Waals surface area contributed by atoms with E-state index < -0.39 is 71.7 Å². The number of benzene rings is 2. The van der Waals surface area contributed by atoms with Crippen LogP contribution in [0.2, 0.25) is 0 Å². The molecular formula is C42H46O16. The number of rotatable bonds is 14. The number of fused-ring (bicyclic) bond motifs is 1. The minimum absolute atomic E-state index is 0.00611. The molecule has 58 heavy (non-hydrogen) atoms. The molecule has 0 bridgehead atoms. The van der Waals surface area contributed by atoms with E-state index in [1.165, 1.54) is 26.2 Å². The van der Waals surface area contributed by atoms with Gasteiger partial charge >= 0.3 is 29.8 Å². The number of methoxy groups -OCH3 is 1. The number of allylic oxidation sites excluding steroid dienone is 3. The summed E-state index contributed by atoms with van der Waals surface area (Å²) in [4.78, 5) is 76.8. The summed E-state index contributed by atoms with van der Waals surface area (Å²) in [5.74, 6) is -5.54. The Morgan fingerprint density at radius 1 is 0.707 bits per heavy atom. The molecule has 1 fully saturated rings. The van der Waals surface area contributed by atoms with E-state index in [0.29, 0.717) is 16.7 Å². The molecule has 3 aromatic rings. The summed E-state index contributed by atoms with van der Waals surface area (Å²) in [6.07, 6.45) is -9.14. The smallest absolute Gasteiger partial charge is 0.344 e. The lowest BCUT2D eigenvalue weighted by atomic mass is 9.93. The third-order valence-electron chi connectivity index (χ3n) is 8.54.